The van der Waals surface area contributed by atoms with E-state index in [1.54, 1.807) is 6.92 Å². The summed E-state index contributed by atoms with van der Waals surface area (Å²) in [5.41, 5.74) is 0. The number of fused-ring (bicyclic) bond motifs is 1. The molecule has 14 heavy (non-hydrogen) atoms. The van der Waals surface area contributed by atoms with Gasteiger partial charge in [0.1, 0.15) is 0 Å². The van der Waals surface area contributed by atoms with E-state index in [0.29, 0.717) is 0 Å². The van der Waals surface area contributed by atoms with Crippen LogP contribution in [0.3, 0.4) is 0 Å². The van der Waals surface area contributed by atoms with E-state index in [1.807, 2.05) is 4.90 Å². The first kappa shape index (κ1) is 9.97. The van der Waals surface area contributed by atoms with Gasteiger partial charge in [-0.3, -0.25) is 4.79 Å². The number of piperidine rings is 2. The molecule has 2 atom stereocenters. The molecule has 2 aliphatic rings. The molecule has 0 N–H and O–H groups in total. The zero-order chi connectivity index (χ0) is 10.1. The lowest BCUT2D eigenvalue weighted by Gasteiger charge is -2.45. The van der Waals surface area contributed by atoms with Gasteiger partial charge in [-0.1, -0.05) is 0 Å². The van der Waals surface area contributed by atoms with Crippen molar-refractivity contribution in [1.82, 2.24) is 9.80 Å². The highest BCUT2D eigenvalue weighted by atomic mass is 16.2. The van der Waals surface area contributed by atoms with Crippen molar-refractivity contribution >= 4 is 5.91 Å². The van der Waals surface area contributed by atoms with Crippen LogP contribution in [0.15, 0.2) is 0 Å². The van der Waals surface area contributed by atoms with Gasteiger partial charge >= 0.3 is 0 Å². The number of carbonyl (C=O) groups is 1. The number of nitrogens with zero attached hydrogens (tertiary/aromatic N) is 2. The monoisotopic (exact) mass is 196 g/mol. The summed E-state index contributed by atoms with van der Waals surface area (Å²) in [5, 5.41) is 0. The lowest BCUT2D eigenvalue weighted by atomic mass is 9.84. The van der Waals surface area contributed by atoms with Crippen LogP contribution in [0, 0.1) is 5.92 Å². The molecule has 0 aromatic heterocycles. The van der Waals surface area contributed by atoms with E-state index in [9.17, 15) is 4.79 Å². The number of rotatable bonds is 0. The average molecular weight is 196 g/mol. The Labute approximate surface area is 86.1 Å². The van der Waals surface area contributed by atoms with Crippen molar-refractivity contribution in [3.05, 3.63) is 0 Å². The number of hydrogen-bond acceptors (Lipinski definition) is 2. The van der Waals surface area contributed by atoms with Gasteiger partial charge in [0.25, 0.3) is 0 Å². The Balaban J connectivity index is 1.99. The topological polar surface area (TPSA) is 23.6 Å². The summed E-state index contributed by atoms with van der Waals surface area (Å²) in [5.74, 6) is 0.975. The van der Waals surface area contributed by atoms with Crippen LogP contribution in [0.4, 0.5) is 0 Å². The second-order valence-corrected chi connectivity index (χ2v) is 4.70. The minimum Gasteiger partial charge on any atom is -0.343 e. The summed E-state index contributed by atoms with van der Waals surface area (Å²) < 4.78 is 0. The molecule has 2 heterocycles. The maximum atomic E-state index is 11.3. The van der Waals surface area contributed by atoms with E-state index in [4.69, 9.17) is 0 Å². The summed E-state index contributed by atoms with van der Waals surface area (Å²) in [6.07, 6.45) is 3.77. The maximum Gasteiger partial charge on any atom is 0.219 e. The number of likely N-dealkylation sites (tertiary alicyclic amines) is 2. The third kappa shape index (κ3) is 1.78. The Morgan fingerprint density at radius 1 is 1.29 bits per heavy atom. The van der Waals surface area contributed by atoms with Gasteiger partial charge in [-0.05, 0) is 38.8 Å². The van der Waals surface area contributed by atoms with E-state index in [2.05, 4.69) is 11.9 Å². The first-order chi connectivity index (χ1) is 6.68. The number of hydrogen-bond donors (Lipinski definition) is 0. The second-order valence-electron chi connectivity index (χ2n) is 4.70. The lowest BCUT2D eigenvalue weighted by molar-refractivity contribution is -0.132. The zero-order valence-electron chi connectivity index (χ0n) is 9.20. The van der Waals surface area contributed by atoms with E-state index >= 15 is 0 Å². The fourth-order valence-corrected chi connectivity index (χ4v) is 2.94. The minimum atomic E-state index is 0.247. The maximum absolute atomic E-state index is 11.3. The third-order valence-electron chi connectivity index (χ3n) is 3.79. The predicted octanol–water partition coefficient (Wildman–Crippen LogP) is 0.949. The van der Waals surface area contributed by atoms with E-state index < -0.39 is 0 Å². The largest absolute Gasteiger partial charge is 0.343 e. The molecule has 1 amide bonds. The third-order valence-corrected chi connectivity index (χ3v) is 3.79. The Morgan fingerprint density at radius 3 is 2.79 bits per heavy atom. The van der Waals surface area contributed by atoms with Crippen molar-refractivity contribution in [2.75, 3.05) is 26.7 Å². The highest BCUT2D eigenvalue weighted by Crippen LogP contribution is 2.29. The van der Waals surface area contributed by atoms with Crippen molar-refractivity contribution in [2.24, 2.45) is 5.92 Å². The van der Waals surface area contributed by atoms with Crippen molar-refractivity contribution < 1.29 is 4.79 Å². The predicted molar refractivity (Wildman–Crippen MR) is 56.0 cm³/mol. The molecule has 0 aromatic carbocycles. The average Bonchev–Trinajstić information content (AvgIpc) is 2.17. The molecule has 80 valence electrons. The molecule has 2 fully saturated rings. The molecule has 0 unspecified atom stereocenters. The second kappa shape index (κ2) is 3.89. The highest BCUT2D eigenvalue weighted by molar-refractivity contribution is 5.73. The molecule has 2 saturated heterocycles. The number of amides is 1. The molecule has 3 nitrogen and oxygen atoms in total. The van der Waals surface area contributed by atoms with E-state index in [1.165, 1.54) is 25.8 Å². The summed E-state index contributed by atoms with van der Waals surface area (Å²) in [6, 6.07) is 0.736. The van der Waals surface area contributed by atoms with Gasteiger partial charge in [0.2, 0.25) is 5.91 Å². The number of carbonyl (C=O) groups excluding carboxylic acids is 1. The Morgan fingerprint density at radius 2 is 2.07 bits per heavy atom. The van der Waals surface area contributed by atoms with Gasteiger partial charge in [0, 0.05) is 26.1 Å². The molecule has 0 aromatic rings. The molecule has 2 rings (SSSR count). The molecule has 0 spiro atoms. The van der Waals surface area contributed by atoms with Crippen LogP contribution in [-0.2, 0) is 4.79 Å². The highest BCUT2D eigenvalue weighted by Gasteiger charge is 2.34. The van der Waals surface area contributed by atoms with Gasteiger partial charge in [-0.25, -0.2) is 0 Å². The summed E-state index contributed by atoms with van der Waals surface area (Å²) in [7, 11) is 2.22. The quantitative estimate of drug-likeness (QED) is 0.576. The SMILES string of the molecule is CC(=O)N1CC[C@H]2[C@H](CCCN2C)C1. The van der Waals surface area contributed by atoms with Crippen LogP contribution in [-0.4, -0.2) is 48.4 Å². The molecule has 0 aliphatic carbocycles. The Kier molecular flexibility index (Phi) is 2.77. The smallest absolute Gasteiger partial charge is 0.219 e. The fourth-order valence-electron chi connectivity index (χ4n) is 2.94. The first-order valence-corrected chi connectivity index (χ1v) is 5.64. The summed E-state index contributed by atoms with van der Waals surface area (Å²) >= 11 is 0. The van der Waals surface area contributed by atoms with Crippen LogP contribution in [0.25, 0.3) is 0 Å². The van der Waals surface area contributed by atoms with E-state index in [0.717, 1.165) is 25.0 Å². The molecular formula is C11H20N2O. The van der Waals surface area contributed by atoms with Crippen LogP contribution in [0.1, 0.15) is 26.2 Å². The van der Waals surface area contributed by atoms with Crippen molar-refractivity contribution in [3.8, 4) is 0 Å². The van der Waals surface area contributed by atoms with Crippen LogP contribution in [0.5, 0.6) is 0 Å². The fraction of sp³-hybridized carbons (Fsp3) is 0.909. The molecule has 0 saturated carbocycles. The van der Waals surface area contributed by atoms with Crippen molar-refractivity contribution in [2.45, 2.75) is 32.2 Å². The van der Waals surface area contributed by atoms with Crippen LogP contribution < -0.4 is 0 Å². The van der Waals surface area contributed by atoms with E-state index in [-0.39, 0.29) is 5.91 Å². The molecule has 3 heteroatoms. The molecular weight excluding hydrogens is 176 g/mol. The van der Waals surface area contributed by atoms with Gasteiger partial charge in [0.15, 0.2) is 0 Å². The van der Waals surface area contributed by atoms with Gasteiger partial charge in [0.05, 0.1) is 0 Å². The van der Waals surface area contributed by atoms with Gasteiger partial charge in [-0.15, -0.1) is 0 Å². The normalized spacial score (nSPS) is 34.0. The van der Waals surface area contributed by atoms with Crippen LogP contribution in [0.2, 0.25) is 0 Å². The standard InChI is InChI=1S/C11H20N2O/c1-9(14)13-7-5-11-10(8-13)4-3-6-12(11)2/h10-11H,3-8H2,1-2H3/t10-,11+/m1/s1. The van der Waals surface area contributed by atoms with Gasteiger partial charge < -0.3 is 9.80 Å². The molecule has 0 bridgehead atoms. The van der Waals surface area contributed by atoms with Crippen LogP contribution >= 0.6 is 0 Å². The zero-order valence-corrected chi connectivity index (χ0v) is 9.20. The molecule has 2 aliphatic heterocycles. The van der Waals surface area contributed by atoms with Crippen molar-refractivity contribution in [3.63, 3.8) is 0 Å². The van der Waals surface area contributed by atoms with Gasteiger partial charge in [-0.2, -0.15) is 0 Å². The first-order valence-electron chi connectivity index (χ1n) is 5.64. The molecule has 0 radical (unpaired) electrons. The Bertz CT molecular complexity index is 229. The Hall–Kier alpha value is -0.570. The lowest BCUT2D eigenvalue weighted by Crippen LogP contribution is -2.53. The van der Waals surface area contributed by atoms with Crippen molar-refractivity contribution in [1.29, 1.82) is 0 Å². The summed E-state index contributed by atoms with van der Waals surface area (Å²) in [4.78, 5) is 15.8. The minimum absolute atomic E-state index is 0.247. The summed E-state index contributed by atoms with van der Waals surface area (Å²) in [6.45, 7) is 4.87.